The maximum atomic E-state index is 13.5. The molecule has 0 unspecified atom stereocenters. The van der Waals surface area contributed by atoms with E-state index in [0.29, 0.717) is 12.2 Å². The van der Waals surface area contributed by atoms with Crippen molar-refractivity contribution in [3.8, 4) is 5.75 Å². The number of ether oxygens (including phenoxy) is 1. The standard InChI is InChI=1S/C14H19FO2/c1-3-4-5-6-9-17-14-8-7-12(11(2)16)10-13(14)15/h7-8,10H,3-6,9H2,1-2H3. The van der Waals surface area contributed by atoms with Gasteiger partial charge in [-0.05, 0) is 31.5 Å². The molecule has 3 heteroatoms. The summed E-state index contributed by atoms with van der Waals surface area (Å²) in [5.74, 6) is -0.377. The Morgan fingerprint density at radius 1 is 1.29 bits per heavy atom. The van der Waals surface area contributed by atoms with Crippen molar-refractivity contribution in [2.45, 2.75) is 39.5 Å². The largest absolute Gasteiger partial charge is 0.491 e. The third kappa shape index (κ3) is 4.55. The maximum absolute atomic E-state index is 13.5. The molecule has 0 aliphatic rings. The summed E-state index contributed by atoms with van der Waals surface area (Å²) in [6, 6.07) is 4.34. The highest BCUT2D eigenvalue weighted by atomic mass is 19.1. The Balaban J connectivity index is 2.46. The molecule has 17 heavy (non-hydrogen) atoms. The normalized spacial score (nSPS) is 10.3. The third-order valence-corrected chi connectivity index (χ3v) is 2.59. The Bertz CT molecular complexity index is 374. The summed E-state index contributed by atoms with van der Waals surface area (Å²) >= 11 is 0. The fraction of sp³-hybridized carbons (Fsp3) is 0.500. The lowest BCUT2D eigenvalue weighted by Crippen LogP contribution is -2.01. The van der Waals surface area contributed by atoms with Crippen LogP contribution in [0.1, 0.15) is 49.9 Å². The second-order valence-electron chi connectivity index (χ2n) is 4.11. The molecule has 2 nitrogen and oxygen atoms in total. The van der Waals surface area contributed by atoms with Gasteiger partial charge in [0.25, 0.3) is 0 Å². The Kier molecular flexibility index (Phi) is 5.67. The van der Waals surface area contributed by atoms with E-state index in [-0.39, 0.29) is 11.5 Å². The van der Waals surface area contributed by atoms with Gasteiger partial charge < -0.3 is 4.74 Å². The fourth-order valence-corrected chi connectivity index (χ4v) is 1.55. The van der Waals surface area contributed by atoms with Crippen molar-refractivity contribution in [2.75, 3.05) is 6.61 Å². The SMILES string of the molecule is CCCCCCOc1ccc(C(C)=O)cc1F. The second-order valence-corrected chi connectivity index (χ2v) is 4.11. The molecule has 1 aromatic carbocycles. The second kappa shape index (κ2) is 7.05. The number of carbonyl (C=O) groups is 1. The molecular formula is C14H19FO2. The number of halogens is 1. The van der Waals surface area contributed by atoms with Gasteiger partial charge in [0.2, 0.25) is 0 Å². The lowest BCUT2D eigenvalue weighted by Gasteiger charge is -2.07. The molecule has 1 aromatic rings. The number of carbonyl (C=O) groups excluding carboxylic acids is 1. The van der Waals surface area contributed by atoms with Gasteiger partial charge in [-0.2, -0.15) is 0 Å². The van der Waals surface area contributed by atoms with Crippen LogP contribution in [0.25, 0.3) is 0 Å². The average Bonchev–Trinajstić information content (AvgIpc) is 2.30. The van der Waals surface area contributed by atoms with Gasteiger partial charge in [0.15, 0.2) is 17.3 Å². The molecule has 0 aromatic heterocycles. The zero-order chi connectivity index (χ0) is 12.7. The molecule has 0 heterocycles. The fourth-order valence-electron chi connectivity index (χ4n) is 1.55. The molecule has 0 bridgehead atoms. The van der Waals surface area contributed by atoms with E-state index in [4.69, 9.17) is 4.74 Å². The first kappa shape index (κ1) is 13.7. The summed E-state index contributed by atoms with van der Waals surface area (Å²) in [5.41, 5.74) is 0.376. The number of ketones is 1. The van der Waals surface area contributed by atoms with E-state index in [9.17, 15) is 9.18 Å². The van der Waals surface area contributed by atoms with Crippen molar-refractivity contribution in [1.29, 1.82) is 0 Å². The predicted octanol–water partition coefficient (Wildman–Crippen LogP) is 3.99. The van der Waals surface area contributed by atoms with E-state index < -0.39 is 5.82 Å². The van der Waals surface area contributed by atoms with Crippen molar-refractivity contribution < 1.29 is 13.9 Å². The summed E-state index contributed by atoms with van der Waals surface area (Å²) < 4.78 is 18.8. The number of rotatable bonds is 7. The van der Waals surface area contributed by atoms with Crippen molar-refractivity contribution in [1.82, 2.24) is 0 Å². The molecule has 0 aliphatic heterocycles. The maximum Gasteiger partial charge on any atom is 0.165 e. The van der Waals surface area contributed by atoms with E-state index in [1.54, 1.807) is 6.07 Å². The Hall–Kier alpha value is -1.38. The molecule has 0 aliphatic carbocycles. The van der Waals surface area contributed by atoms with Crippen LogP contribution in [0, 0.1) is 5.82 Å². The van der Waals surface area contributed by atoms with E-state index in [1.807, 2.05) is 0 Å². The lowest BCUT2D eigenvalue weighted by atomic mass is 10.1. The number of unbranched alkanes of at least 4 members (excludes halogenated alkanes) is 3. The molecule has 94 valence electrons. The molecule has 0 amide bonds. The molecule has 0 spiro atoms. The van der Waals surface area contributed by atoms with Crippen molar-refractivity contribution in [3.05, 3.63) is 29.6 Å². The van der Waals surface area contributed by atoms with Crippen LogP contribution in [-0.4, -0.2) is 12.4 Å². The Morgan fingerprint density at radius 2 is 2.06 bits per heavy atom. The first-order valence-corrected chi connectivity index (χ1v) is 6.08. The molecule has 1 rings (SSSR count). The average molecular weight is 238 g/mol. The van der Waals surface area contributed by atoms with Gasteiger partial charge in [-0.3, -0.25) is 4.79 Å². The van der Waals surface area contributed by atoms with E-state index >= 15 is 0 Å². The molecule has 0 radical (unpaired) electrons. The first-order chi connectivity index (χ1) is 8.15. The lowest BCUT2D eigenvalue weighted by molar-refractivity contribution is 0.101. The van der Waals surface area contributed by atoms with Crippen LogP contribution in [0.4, 0.5) is 4.39 Å². The van der Waals surface area contributed by atoms with Gasteiger partial charge in [0.05, 0.1) is 6.61 Å². The van der Waals surface area contributed by atoms with Gasteiger partial charge in [-0.25, -0.2) is 4.39 Å². The monoisotopic (exact) mass is 238 g/mol. The molecule has 0 saturated carbocycles. The first-order valence-electron chi connectivity index (χ1n) is 6.08. The van der Waals surface area contributed by atoms with Crippen LogP contribution >= 0.6 is 0 Å². The number of Topliss-reactive ketones (excluding diaryl/α,β-unsaturated/α-hetero) is 1. The predicted molar refractivity (Wildman–Crippen MR) is 66.0 cm³/mol. The summed E-state index contributed by atoms with van der Waals surface area (Å²) in [6.45, 7) is 4.08. The van der Waals surface area contributed by atoms with Gasteiger partial charge in [0, 0.05) is 5.56 Å². The minimum Gasteiger partial charge on any atom is -0.491 e. The minimum atomic E-state index is -0.465. The molecule has 0 fully saturated rings. The zero-order valence-electron chi connectivity index (χ0n) is 10.5. The molecule has 0 N–H and O–H groups in total. The minimum absolute atomic E-state index is 0.140. The highest BCUT2D eigenvalue weighted by Gasteiger charge is 2.07. The quantitative estimate of drug-likeness (QED) is 0.530. The summed E-state index contributed by atoms with van der Waals surface area (Å²) in [7, 11) is 0. The molecule has 0 saturated heterocycles. The number of hydrogen-bond acceptors (Lipinski definition) is 2. The summed E-state index contributed by atoms with van der Waals surface area (Å²) in [4.78, 5) is 11.0. The molecule has 0 atom stereocenters. The van der Waals surface area contributed by atoms with Gasteiger partial charge >= 0.3 is 0 Å². The van der Waals surface area contributed by atoms with Crippen molar-refractivity contribution in [3.63, 3.8) is 0 Å². The van der Waals surface area contributed by atoms with Crippen LogP contribution in [0.15, 0.2) is 18.2 Å². The van der Waals surface area contributed by atoms with Crippen LogP contribution in [-0.2, 0) is 0 Å². The van der Waals surface area contributed by atoms with Gasteiger partial charge in [-0.1, -0.05) is 26.2 Å². The highest BCUT2D eigenvalue weighted by molar-refractivity contribution is 5.94. The van der Waals surface area contributed by atoms with E-state index in [0.717, 1.165) is 12.8 Å². The van der Waals surface area contributed by atoms with Crippen molar-refractivity contribution in [2.24, 2.45) is 0 Å². The van der Waals surface area contributed by atoms with E-state index in [1.165, 1.54) is 31.9 Å². The summed E-state index contributed by atoms with van der Waals surface area (Å²) in [5, 5.41) is 0. The smallest absolute Gasteiger partial charge is 0.165 e. The van der Waals surface area contributed by atoms with Crippen LogP contribution in [0.5, 0.6) is 5.75 Å². The molecular weight excluding hydrogens is 219 g/mol. The Morgan fingerprint density at radius 3 is 2.65 bits per heavy atom. The van der Waals surface area contributed by atoms with Crippen LogP contribution in [0.2, 0.25) is 0 Å². The van der Waals surface area contributed by atoms with Crippen LogP contribution < -0.4 is 4.74 Å². The third-order valence-electron chi connectivity index (χ3n) is 2.59. The Labute approximate surface area is 102 Å². The number of hydrogen-bond donors (Lipinski definition) is 0. The highest BCUT2D eigenvalue weighted by Crippen LogP contribution is 2.19. The van der Waals surface area contributed by atoms with E-state index in [2.05, 4.69) is 6.92 Å². The van der Waals surface area contributed by atoms with Crippen LogP contribution in [0.3, 0.4) is 0 Å². The zero-order valence-corrected chi connectivity index (χ0v) is 10.5. The van der Waals surface area contributed by atoms with Gasteiger partial charge in [0.1, 0.15) is 0 Å². The topological polar surface area (TPSA) is 26.3 Å². The van der Waals surface area contributed by atoms with Crippen molar-refractivity contribution >= 4 is 5.78 Å². The number of benzene rings is 1. The van der Waals surface area contributed by atoms with Gasteiger partial charge in [-0.15, -0.1) is 0 Å². The summed E-state index contributed by atoms with van der Waals surface area (Å²) in [6.07, 6.45) is 4.38.